The number of nitrogens with two attached hydrogens (primary N) is 1. The number of nitrogens with zero attached hydrogens (tertiary/aromatic N) is 1. The molecule has 4 atom stereocenters. The summed E-state index contributed by atoms with van der Waals surface area (Å²) in [5.41, 5.74) is 6.81. The summed E-state index contributed by atoms with van der Waals surface area (Å²) in [6.07, 6.45) is 1.47. The average Bonchev–Trinajstić information content (AvgIpc) is 2.67. The first-order valence-electron chi connectivity index (χ1n) is 9.23. The van der Waals surface area contributed by atoms with Gasteiger partial charge in [-0.15, -0.1) is 0 Å². The lowest BCUT2D eigenvalue weighted by Crippen LogP contribution is -2.54. The van der Waals surface area contributed by atoms with Crippen LogP contribution < -0.4 is 5.73 Å². The summed E-state index contributed by atoms with van der Waals surface area (Å²) in [6, 6.07) is 9.34. The Morgan fingerprint density at radius 2 is 1.93 bits per heavy atom. The van der Waals surface area contributed by atoms with Crippen molar-refractivity contribution in [3.8, 4) is 0 Å². The number of amides is 1. The zero-order chi connectivity index (χ0) is 20.0. The average molecular weight is 376 g/mol. The molecule has 1 aromatic rings. The van der Waals surface area contributed by atoms with Gasteiger partial charge in [-0.25, -0.2) is 9.59 Å². The van der Waals surface area contributed by atoms with E-state index in [4.69, 9.17) is 5.73 Å². The molecule has 2 aliphatic rings. The molecule has 3 rings (SSSR count). The number of fused-ring (bicyclic) bond motifs is 1. The molecule has 1 unspecified atom stereocenters. The minimum absolute atomic E-state index is 0.0910. The highest BCUT2D eigenvalue weighted by molar-refractivity contribution is 5.82. The maximum atomic E-state index is 11.6. The molecular formula is C20H28N2O5. The van der Waals surface area contributed by atoms with Gasteiger partial charge in [-0.3, -0.25) is 9.69 Å². The van der Waals surface area contributed by atoms with E-state index >= 15 is 0 Å². The van der Waals surface area contributed by atoms with E-state index in [-0.39, 0.29) is 23.7 Å². The summed E-state index contributed by atoms with van der Waals surface area (Å²) >= 11 is 0. The Morgan fingerprint density at radius 3 is 2.44 bits per heavy atom. The number of carbonyl (C=O) groups excluding carboxylic acids is 2. The Morgan fingerprint density at radius 1 is 1.26 bits per heavy atom. The topological polar surface area (TPSA) is 110 Å². The molecule has 1 amide bonds. The van der Waals surface area contributed by atoms with Crippen LogP contribution in [-0.4, -0.2) is 47.5 Å². The fourth-order valence-corrected chi connectivity index (χ4v) is 3.76. The van der Waals surface area contributed by atoms with Crippen LogP contribution in [0.15, 0.2) is 30.3 Å². The van der Waals surface area contributed by atoms with E-state index in [1.807, 2.05) is 37.3 Å². The van der Waals surface area contributed by atoms with Crippen molar-refractivity contribution >= 4 is 17.8 Å². The van der Waals surface area contributed by atoms with E-state index in [2.05, 4.69) is 4.74 Å². The van der Waals surface area contributed by atoms with Crippen molar-refractivity contribution in [1.29, 1.82) is 0 Å². The first-order chi connectivity index (χ1) is 12.8. The number of piperidine rings is 1. The number of likely N-dealkylation sites (tertiary alicyclic amines) is 1. The van der Waals surface area contributed by atoms with E-state index in [0.717, 1.165) is 6.42 Å². The van der Waals surface area contributed by atoms with E-state index in [0.29, 0.717) is 25.8 Å². The van der Waals surface area contributed by atoms with Crippen molar-refractivity contribution in [2.45, 2.75) is 44.7 Å². The SMILES string of the molecule is CC(N)c1ccccc1.COC(=O)N1C[C@@H]2CCC(=O)C[C@@H]2C[C@H]1C(=O)O. The lowest BCUT2D eigenvalue weighted by molar-refractivity contribution is -0.147. The first-order valence-corrected chi connectivity index (χ1v) is 9.23. The molecule has 3 N–H and O–H groups in total. The lowest BCUT2D eigenvalue weighted by Gasteiger charge is -2.43. The second-order valence-electron chi connectivity index (χ2n) is 7.21. The van der Waals surface area contributed by atoms with Crippen LogP contribution in [0.25, 0.3) is 0 Å². The fraction of sp³-hybridized carbons (Fsp3) is 0.550. The number of carbonyl (C=O) groups is 3. The second kappa shape index (κ2) is 9.50. The third kappa shape index (κ3) is 5.53. The molecule has 1 aliphatic heterocycles. The summed E-state index contributed by atoms with van der Waals surface area (Å²) in [4.78, 5) is 35.5. The fourth-order valence-electron chi connectivity index (χ4n) is 3.76. The summed E-state index contributed by atoms with van der Waals surface area (Å²) in [5, 5.41) is 9.17. The molecule has 27 heavy (non-hydrogen) atoms. The van der Waals surface area contributed by atoms with Gasteiger partial charge in [0.2, 0.25) is 0 Å². The zero-order valence-corrected chi connectivity index (χ0v) is 15.8. The molecule has 0 bridgehead atoms. The van der Waals surface area contributed by atoms with Crippen molar-refractivity contribution in [1.82, 2.24) is 4.90 Å². The van der Waals surface area contributed by atoms with Gasteiger partial charge in [-0.2, -0.15) is 0 Å². The van der Waals surface area contributed by atoms with Crippen molar-refractivity contribution in [3.05, 3.63) is 35.9 Å². The maximum absolute atomic E-state index is 11.6. The molecule has 7 heteroatoms. The predicted molar refractivity (Wildman–Crippen MR) is 100 cm³/mol. The second-order valence-corrected chi connectivity index (χ2v) is 7.21. The van der Waals surface area contributed by atoms with Gasteiger partial charge >= 0.3 is 12.1 Å². The van der Waals surface area contributed by atoms with Gasteiger partial charge in [0, 0.05) is 25.4 Å². The number of Topliss-reactive ketones (excluding diaryl/α,β-unsaturated/α-hetero) is 1. The van der Waals surface area contributed by atoms with Crippen LogP contribution in [-0.2, 0) is 14.3 Å². The van der Waals surface area contributed by atoms with Crippen LogP contribution in [0.5, 0.6) is 0 Å². The summed E-state index contributed by atoms with van der Waals surface area (Å²) in [6.45, 7) is 2.36. The predicted octanol–water partition coefficient (Wildman–Crippen LogP) is 2.60. The highest BCUT2D eigenvalue weighted by atomic mass is 16.5. The number of ketones is 1. The van der Waals surface area contributed by atoms with Crippen LogP contribution in [0.4, 0.5) is 4.79 Å². The first kappa shape index (κ1) is 20.9. The van der Waals surface area contributed by atoms with E-state index in [1.54, 1.807) is 0 Å². The van der Waals surface area contributed by atoms with Crippen molar-refractivity contribution in [2.24, 2.45) is 17.6 Å². The highest BCUT2D eigenvalue weighted by Crippen LogP contribution is 2.37. The number of methoxy groups -OCH3 is 1. The Bertz CT molecular complexity index is 662. The number of aliphatic carboxylic acids is 1. The van der Waals surface area contributed by atoms with Crippen molar-refractivity contribution in [2.75, 3.05) is 13.7 Å². The van der Waals surface area contributed by atoms with Gasteiger partial charge in [0.15, 0.2) is 0 Å². The maximum Gasteiger partial charge on any atom is 0.410 e. The van der Waals surface area contributed by atoms with Gasteiger partial charge in [0.05, 0.1) is 7.11 Å². The molecule has 1 aromatic carbocycles. The van der Waals surface area contributed by atoms with Crippen molar-refractivity contribution < 1.29 is 24.2 Å². The molecule has 1 saturated carbocycles. The van der Waals surface area contributed by atoms with Crippen LogP contribution in [0.3, 0.4) is 0 Å². The third-order valence-corrected chi connectivity index (χ3v) is 5.30. The molecule has 7 nitrogen and oxygen atoms in total. The largest absolute Gasteiger partial charge is 0.480 e. The van der Waals surface area contributed by atoms with Gasteiger partial charge in [0.25, 0.3) is 0 Å². The summed E-state index contributed by atoms with van der Waals surface area (Å²) in [5.74, 6) is -0.519. The summed E-state index contributed by atoms with van der Waals surface area (Å²) in [7, 11) is 1.25. The van der Waals surface area contributed by atoms with Crippen molar-refractivity contribution in [3.63, 3.8) is 0 Å². The number of ether oxygens (including phenoxy) is 1. The van der Waals surface area contributed by atoms with E-state index in [1.165, 1.54) is 17.6 Å². The van der Waals surface area contributed by atoms with E-state index in [9.17, 15) is 19.5 Å². The minimum Gasteiger partial charge on any atom is -0.480 e. The molecule has 0 spiro atoms. The number of hydrogen-bond donors (Lipinski definition) is 2. The Labute approximate surface area is 159 Å². The highest BCUT2D eigenvalue weighted by Gasteiger charge is 2.43. The Kier molecular flexibility index (Phi) is 7.36. The molecule has 2 fully saturated rings. The quantitative estimate of drug-likeness (QED) is 0.821. The molecule has 148 valence electrons. The van der Waals surface area contributed by atoms with Gasteiger partial charge in [-0.1, -0.05) is 30.3 Å². The third-order valence-electron chi connectivity index (χ3n) is 5.30. The monoisotopic (exact) mass is 376 g/mol. The van der Waals surface area contributed by atoms with Gasteiger partial charge in [0.1, 0.15) is 11.8 Å². The number of carboxylic acids is 1. The van der Waals surface area contributed by atoms with E-state index < -0.39 is 18.1 Å². The number of rotatable bonds is 2. The molecule has 1 heterocycles. The Hall–Kier alpha value is -2.41. The molecule has 0 aromatic heterocycles. The molecule has 0 radical (unpaired) electrons. The lowest BCUT2D eigenvalue weighted by atomic mass is 9.72. The standard InChI is InChI=1S/C12H17NO5.C8H11N/c1-18-12(17)13-6-7-2-3-9(14)4-8(7)5-10(13)11(15)16;1-7(9)8-5-3-2-4-6-8/h7-8,10H,2-6H2,1H3,(H,15,16);2-7H,9H2,1H3/t7-,8+,10-;/m0./s1. The minimum atomic E-state index is -1.03. The smallest absolute Gasteiger partial charge is 0.410 e. The Balaban J connectivity index is 0.000000244. The molecule has 1 aliphatic carbocycles. The molecule has 1 saturated heterocycles. The van der Waals surface area contributed by atoms with Crippen LogP contribution in [0.2, 0.25) is 0 Å². The van der Waals surface area contributed by atoms with Gasteiger partial charge < -0.3 is 15.6 Å². The number of benzene rings is 1. The van der Waals surface area contributed by atoms with Crippen LogP contribution in [0, 0.1) is 11.8 Å². The van der Waals surface area contributed by atoms with Crippen LogP contribution in [0.1, 0.15) is 44.2 Å². The normalized spacial score (nSPS) is 25.5. The zero-order valence-electron chi connectivity index (χ0n) is 15.8. The number of hydrogen-bond acceptors (Lipinski definition) is 5. The van der Waals surface area contributed by atoms with Crippen LogP contribution >= 0.6 is 0 Å². The van der Waals surface area contributed by atoms with Gasteiger partial charge in [-0.05, 0) is 37.2 Å². The molecular weight excluding hydrogens is 348 g/mol. The summed E-state index contributed by atoms with van der Waals surface area (Å²) < 4.78 is 4.63. The number of carboxylic acid groups (broad SMARTS) is 1.